The van der Waals surface area contributed by atoms with E-state index in [2.05, 4.69) is 0 Å². The maximum absolute atomic E-state index is 13.9. The van der Waals surface area contributed by atoms with Gasteiger partial charge >= 0.3 is 5.69 Å². The summed E-state index contributed by atoms with van der Waals surface area (Å²) in [5, 5.41) is 10.6. The summed E-state index contributed by atoms with van der Waals surface area (Å²) >= 11 is 0. The fourth-order valence-corrected chi connectivity index (χ4v) is 2.62. The lowest BCUT2D eigenvalue weighted by Crippen LogP contribution is -2.42. The summed E-state index contributed by atoms with van der Waals surface area (Å²) in [5.74, 6) is -1.05. The molecule has 8 nitrogen and oxygen atoms in total. The maximum atomic E-state index is 13.9. The molecular weight excluding hydrogens is 321 g/mol. The van der Waals surface area contributed by atoms with Crippen molar-refractivity contribution < 1.29 is 14.1 Å². The van der Waals surface area contributed by atoms with Crippen LogP contribution in [0.25, 0.3) is 0 Å². The molecule has 9 heteroatoms. The van der Waals surface area contributed by atoms with Crippen molar-refractivity contribution in [2.75, 3.05) is 6.61 Å². The van der Waals surface area contributed by atoms with Gasteiger partial charge in [-0.25, -0.2) is 4.79 Å². The highest BCUT2D eigenvalue weighted by Crippen LogP contribution is 2.20. The lowest BCUT2D eigenvalue weighted by Gasteiger charge is -2.15. The number of aromatic nitrogens is 2. The molecule has 2 aromatic rings. The van der Waals surface area contributed by atoms with Crippen LogP contribution in [0, 0.1) is 15.9 Å². The average molecular weight is 335 g/mol. The summed E-state index contributed by atoms with van der Waals surface area (Å²) in [7, 11) is 0. The van der Waals surface area contributed by atoms with Crippen molar-refractivity contribution in [3.8, 4) is 0 Å². The van der Waals surface area contributed by atoms with E-state index >= 15 is 0 Å². The molecular formula is C15H14FN3O5. The second-order valence-electron chi connectivity index (χ2n) is 5.45. The number of non-ortho nitro benzene ring substituents is 1. The third kappa shape index (κ3) is 2.98. The van der Waals surface area contributed by atoms with Crippen LogP contribution in [0.4, 0.5) is 10.1 Å². The van der Waals surface area contributed by atoms with Gasteiger partial charge in [0.25, 0.3) is 11.2 Å². The number of rotatable bonds is 4. The van der Waals surface area contributed by atoms with Crippen LogP contribution in [0.15, 0.2) is 40.1 Å². The smallest absolute Gasteiger partial charge is 0.333 e. The van der Waals surface area contributed by atoms with Crippen molar-refractivity contribution >= 4 is 5.69 Å². The standard InChI is InChI=1S/C15H14FN3O5/c16-12-9-17(13-2-1-7-24-13)15(21)18(14(12)20)8-10-3-5-11(6-4-10)19(22)23/h3-6,9,13H,1-2,7-8H2. The zero-order chi connectivity index (χ0) is 17.3. The lowest BCUT2D eigenvalue weighted by atomic mass is 10.2. The zero-order valence-corrected chi connectivity index (χ0v) is 12.6. The first-order chi connectivity index (χ1) is 11.5. The molecule has 1 saturated heterocycles. The zero-order valence-electron chi connectivity index (χ0n) is 12.6. The van der Waals surface area contributed by atoms with Crippen molar-refractivity contribution in [1.29, 1.82) is 0 Å². The molecule has 1 atom stereocenters. The van der Waals surface area contributed by atoms with Gasteiger partial charge in [-0.2, -0.15) is 4.39 Å². The summed E-state index contributed by atoms with van der Waals surface area (Å²) in [6.45, 7) is 0.292. The summed E-state index contributed by atoms with van der Waals surface area (Å²) < 4.78 is 21.1. The monoisotopic (exact) mass is 335 g/mol. The molecule has 0 aliphatic carbocycles. The Hall–Kier alpha value is -2.81. The topological polar surface area (TPSA) is 96.4 Å². The van der Waals surface area contributed by atoms with Gasteiger partial charge in [-0.1, -0.05) is 12.1 Å². The van der Waals surface area contributed by atoms with Gasteiger partial charge in [0.15, 0.2) is 0 Å². The van der Waals surface area contributed by atoms with Crippen LogP contribution < -0.4 is 11.2 Å². The quantitative estimate of drug-likeness (QED) is 0.622. The van der Waals surface area contributed by atoms with Gasteiger partial charge in [-0.05, 0) is 18.4 Å². The Balaban J connectivity index is 1.99. The normalized spacial score (nSPS) is 17.1. The van der Waals surface area contributed by atoms with Crippen molar-refractivity contribution in [3.63, 3.8) is 0 Å². The van der Waals surface area contributed by atoms with Crippen LogP contribution >= 0.6 is 0 Å². The first-order valence-corrected chi connectivity index (χ1v) is 7.34. The number of ether oxygens (including phenoxy) is 1. The molecule has 0 radical (unpaired) electrons. The van der Waals surface area contributed by atoms with Crippen LogP contribution in [0.1, 0.15) is 24.6 Å². The Labute approximate surface area is 134 Å². The van der Waals surface area contributed by atoms with Crippen LogP contribution in [-0.4, -0.2) is 20.7 Å². The van der Waals surface area contributed by atoms with Crippen LogP contribution in [-0.2, 0) is 11.3 Å². The third-order valence-electron chi connectivity index (χ3n) is 3.86. The van der Waals surface area contributed by atoms with E-state index in [1.807, 2.05) is 0 Å². The Morgan fingerprint density at radius 2 is 2.00 bits per heavy atom. The van der Waals surface area contributed by atoms with Gasteiger partial charge in [0, 0.05) is 18.7 Å². The molecule has 0 N–H and O–H groups in total. The van der Waals surface area contributed by atoms with Gasteiger partial charge in [-0.3, -0.25) is 24.0 Å². The lowest BCUT2D eigenvalue weighted by molar-refractivity contribution is -0.384. The molecule has 2 heterocycles. The first kappa shape index (κ1) is 16.1. The number of nitro benzene ring substituents is 1. The molecule has 126 valence electrons. The molecule has 1 fully saturated rings. The third-order valence-corrected chi connectivity index (χ3v) is 3.86. The van der Waals surface area contributed by atoms with E-state index in [4.69, 9.17) is 4.74 Å². The summed E-state index contributed by atoms with van der Waals surface area (Å²) in [6, 6.07) is 5.37. The summed E-state index contributed by atoms with van der Waals surface area (Å²) in [6.07, 6.45) is 1.60. The van der Waals surface area contributed by atoms with Crippen molar-refractivity contribution in [1.82, 2.24) is 9.13 Å². The Morgan fingerprint density at radius 3 is 2.58 bits per heavy atom. The van der Waals surface area contributed by atoms with E-state index < -0.39 is 28.2 Å². The van der Waals surface area contributed by atoms with Crippen LogP contribution in [0.2, 0.25) is 0 Å². The van der Waals surface area contributed by atoms with Gasteiger partial charge in [-0.15, -0.1) is 0 Å². The van der Waals surface area contributed by atoms with Crippen molar-refractivity contribution in [2.45, 2.75) is 25.6 Å². The highest BCUT2D eigenvalue weighted by atomic mass is 19.1. The molecule has 1 aromatic carbocycles. The second kappa shape index (κ2) is 6.36. The van der Waals surface area contributed by atoms with Gasteiger partial charge in [0.2, 0.25) is 5.82 Å². The molecule has 0 amide bonds. The number of halogens is 1. The molecule has 1 aliphatic heterocycles. The second-order valence-corrected chi connectivity index (χ2v) is 5.45. The molecule has 24 heavy (non-hydrogen) atoms. The minimum atomic E-state index is -1.05. The van der Waals surface area contributed by atoms with E-state index in [-0.39, 0.29) is 12.2 Å². The number of hydrogen-bond donors (Lipinski definition) is 0. The minimum Gasteiger partial charge on any atom is -0.358 e. The van der Waals surface area contributed by atoms with E-state index in [0.29, 0.717) is 18.6 Å². The van der Waals surface area contributed by atoms with Gasteiger partial charge in [0.05, 0.1) is 17.7 Å². The molecule has 1 aromatic heterocycles. The minimum absolute atomic E-state index is 0.109. The maximum Gasteiger partial charge on any atom is 0.333 e. The molecule has 0 spiro atoms. The van der Waals surface area contributed by atoms with Gasteiger partial charge < -0.3 is 4.74 Å². The van der Waals surface area contributed by atoms with E-state index in [1.54, 1.807) is 0 Å². The van der Waals surface area contributed by atoms with E-state index in [0.717, 1.165) is 21.8 Å². The fraction of sp³-hybridized carbons (Fsp3) is 0.333. The Kier molecular flexibility index (Phi) is 4.26. The largest absolute Gasteiger partial charge is 0.358 e. The predicted molar refractivity (Wildman–Crippen MR) is 81.3 cm³/mol. The van der Waals surface area contributed by atoms with Crippen LogP contribution in [0.3, 0.4) is 0 Å². The summed E-state index contributed by atoms with van der Waals surface area (Å²) in [5.41, 5.74) is -1.34. The predicted octanol–water partition coefficient (Wildman–Crippen LogP) is 1.41. The molecule has 0 saturated carbocycles. The summed E-state index contributed by atoms with van der Waals surface area (Å²) in [4.78, 5) is 34.5. The number of nitrogens with zero attached hydrogens (tertiary/aromatic N) is 3. The van der Waals surface area contributed by atoms with E-state index in [9.17, 15) is 24.1 Å². The van der Waals surface area contributed by atoms with Gasteiger partial charge in [0.1, 0.15) is 6.23 Å². The SMILES string of the molecule is O=c1c(F)cn(C2CCCO2)c(=O)n1Cc1ccc([N+](=O)[O-])cc1. The number of nitro groups is 1. The average Bonchev–Trinajstić information content (AvgIpc) is 3.09. The Morgan fingerprint density at radius 1 is 1.29 bits per heavy atom. The highest BCUT2D eigenvalue weighted by Gasteiger charge is 2.22. The van der Waals surface area contributed by atoms with E-state index in [1.165, 1.54) is 24.3 Å². The fourth-order valence-electron chi connectivity index (χ4n) is 2.62. The number of benzene rings is 1. The number of hydrogen-bond acceptors (Lipinski definition) is 5. The van der Waals surface area contributed by atoms with Crippen molar-refractivity contribution in [2.24, 2.45) is 0 Å². The highest BCUT2D eigenvalue weighted by molar-refractivity contribution is 5.32. The molecule has 1 unspecified atom stereocenters. The molecule has 3 rings (SSSR count). The first-order valence-electron chi connectivity index (χ1n) is 7.34. The Bertz CT molecular complexity index is 881. The molecule has 0 bridgehead atoms. The van der Waals surface area contributed by atoms with Crippen LogP contribution in [0.5, 0.6) is 0 Å². The van der Waals surface area contributed by atoms with Crippen molar-refractivity contribution in [3.05, 3.63) is 72.8 Å². The molecule has 1 aliphatic rings.